The molecular formula is C14H22Cl3IN4O3S. The Labute approximate surface area is 186 Å². The van der Waals surface area contributed by atoms with Gasteiger partial charge >= 0.3 is 0 Å². The van der Waals surface area contributed by atoms with E-state index < -0.39 is 10.0 Å². The van der Waals surface area contributed by atoms with Crippen LogP contribution in [0.25, 0.3) is 0 Å². The summed E-state index contributed by atoms with van der Waals surface area (Å²) in [5.41, 5.74) is 0. The Hall–Kier alpha value is -0.200. The summed E-state index contributed by atoms with van der Waals surface area (Å²) < 4.78 is 30.6. The van der Waals surface area contributed by atoms with Crippen molar-refractivity contribution < 1.29 is 13.2 Å². The van der Waals surface area contributed by atoms with Crippen LogP contribution in [-0.4, -0.2) is 53.4 Å². The molecule has 0 aliphatic heterocycles. The van der Waals surface area contributed by atoms with Crippen LogP contribution in [0.15, 0.2) is 17.1 Å². The fourth-order valence-electron chi connectivity index (χ4n) is 1.70. The number of nitrogens with zero attached hydrogens (tertiary/aromatic N) is 1. The van der Waals surface area contributed by atoms with Gasteiger partial charge in [0.1, 0.15) is 6.61 Å². The summed E-state index contributed by atoms with van der Waals surface area (Å²) in [4.78, 5) is 4.03. The minimum Gasteiger partial charge on any atom is -0.489 e. The first-order valence-electron chi connectivity index (χ1n) is 7.48. The summed E-state index contributed by atoms with van der Waals surface area (Å²) in [6, 6.07) is 3.10. The number of hydrogen-bond acceptors (Lipinski definition) is 4. The SMILES string of the molecule is CCS(=O)(=O)NCCNC(=NC)NCCOc1c(Cl)cc(Cl)cc1Cl.I. The third-order valence-electron chi connectivity index (χ3n) is 2.95. The molecule has 0 saturated carbocycles. The van der Waals surface area contributed by atoms with E-state index in [0.29, 0.717) is 46.5 Å². The number of nitrogens with one attached hydrogen (secondary N) is 3. The highest BCUT2D eigenvalue weighted by atomic mass is 127. The topological polar surface area (TPSA) is 91.8 Å². The maximum Gasteiger partial charge on any atom is 0.211 e. The summed E-state index contributed by atoms with van der Waals surface area (Å²) in [6.45, 7) is 2.98. The van der Waals surface area contributed by atoms with E-state index in [1.54, 1.807) is 26.1 Å². The predicted octanol–water partition coefficient (Wildman–Crippen LogP) is 2.75. The van der Waals surface area contributed by atoms with E-state index in [9.17, 15) is 8.42 Å². The molecule has 0 radical (unpaired) electrons. The highest BCUT2D eigenvalue weighted by Crippen LogP contribution is 2.35. The summed E-state index contributed by atoms with van der Waals surface area (Å²) >= 11 is 17.9. The normalized spacial score (nSPS) is 11.7. The van der Waals surface area contributed by atoms with Crippen molar-refractivity contribution in [1.29, 1.82) is 0 Å². The lowest BCUT2D eigenvalue weighted by molar-refractivity contribution is 0.322. The van der Waals surface area contributed by atoms with Crippen LogP contribution in [0.5, 0.6) is 5.75 Å². The summed E-state index contributed by atoms with van der Waals surface area (Å²) in [6.07, 6.45) is 0. The van der Waals surface area contributed by atoms with Crippen LogP contribution in [0, 0.1) is 0 Å². The number of sulfonamides is 1. The molecule has 0 spiro atoms. The smallest absolute Gasteiger partial charge is 0.211 e. The molecule has 1 rings (SSSR count). The number of benzene rings is 1. The zero-order chi connectivity index (χ0) is 18.9. The zero-order valence-electron chi connectivity index (χ0n) is 14.3. The number of halogens is 4. The van der Waals surface area contributed by atoms with E-state index in [2.05, 4.69) is 20.3 Å². The van der Waals surface area contributed by atoms with Crippen molar-refractivity contribution in [2.75, 3.05) is 39.0 Å². The van der Waals surface area contributed by atoms with Gasteiger partial charge in [0.25, 0.3) is 0 Å². The molecule has 3 N–H and O–H groups in total. The van der Waals surface area contributed by atoms with Crippen molar-refractivity contribution in [2.24, 2.45) is 4.99 Å². The fraction of sp³-hybridized carbons (Fsp3) is 0.500. The monoisotopic (exact) mass is 558 g/mol. The lowest BCUT2D eigenvalue weighted by atomic mass is 10.3. The van der Waals surface area contributed by atoms with Crippen molar-refractivity contribution in [3.05, 3.63) is 27.2 Å². The molecule has 0 bridgehead atoms. The third kappa shape index (κ3) is 9.65. The molecule has 0 aromatic heterocycles. The average Bonchev–Trinajstić information content (AvgIpc) is 2.55. The lowest BCUT2D eigenvalue weighted by Crippen LogP contribution is -2.42. The van der Waals surface area contributed by atoms with Gasteiger partial charge in [-0.2, -0.15) is 0 Å². The molecule has 0 fully saturated rings. The number of aliphatic imine (C=N–C) groups is 1. The number of rotatable bonds is 9. The van der Waals surface area contributed by atoms with Gasteiger partial charge in [-0.1, -0.05) is 34.8 Å². The van der Waals surface area contributed by atoms with Crippen LogP contribution in [0.3, 0.4) is 0 Å². The van der Waals surface area contributed by atoms with Crippen LogP contribution in [0.2, 0.25) is 15.1 Å². The van der Waals surface area contributed by atoms with Crippen LogP contribution < -0.4 is 20.1 Å². The number of hydrogen-bond donors (Lipinski definition) is 3. The van der Waals surface area contributed by atoms with Gasteiger partial charge < -0.3 is 15.4 Å². The van der Waals surface area contributed by atoms with E-state index in [1.807, 2.05) is 0 Å². The molecule has 0 heterocycles. The van der Waals surface area contributed by atoms with Gasteiger partial charge in [-0.25, -0.2) is 13.1 Å². The Morgan fingerprint density at radius 1 is 1.12 bits per heavy atom. The van der Waals surface area contributed by atoms with Gasteiger partial charge in [0.2, 0.25) is 10.0 Å². The second-order valence-corrected chi connectivity index (χ2v) is 8.12. The first-order chi connectivity index (χ1) is 11.8. The average molecular weight is 560 g/mol. The maximum atomic E-state index is 11.3. The molecular weight excluding hydrogens is 538 g/mol. The Balaban J connectivity index is 0.00000625. The second-order valence-electron chi connectivity index (χ2n) is 4.77. The number of ether oxygens (including phenoxy) is 1. The van der Waals surface area contributed by atoms with Crippen molar-refractivity contribution in [3.8, 4) is 5.75 Å². The molecule has 1 aromatic rings. The molecule has 12 heteroatoms. The molecule has 7 nitrogen and oxygen atoms in total. The van der Waals surface area contributed by atoms with E-state index in [0.717, 1.165) is 0 Å². The molecule has 0 aliphatic rings. The Morgan fingerprint density at radius 2 is 1.69 bits per heavy atom. The Kier molecular flexibility index (Phi) is 13.0. The first-order valence-corrected chi connectivity index (χ1v) is 10.3. The predicted molar refractivity (Wildman–Crippen MR) is 119 cm³/mol. The van der Waals surface area contributed by atoms with Crippen LogP contribution in [0.4, 0.5) is 0 Å². The van der Waals surface area contributed by atoms with Gasteiger partial charge in [-0.15, -0.1) is 24.0 Å². The van der Waals surface area contributed by atoms with Gasteiger partial charge in [0.15, 0.2) is 11.7 Å². The summed E-state index contributed by atoms with van der Waals surface area (Å²) in [7, 11) is -1.58. The van der Waals surface area contributed by atoms with Crippen LogP contribution in [-0.2, 0) is 10.0 Å². The second kappa shape index (κ2) is 13.1. The van der Waals surface area contributed by atoms with Gasteiger partial charge in [0, 0.05) is 25.2 Å². The van der Waals surface area contributed by atoms with Crippen molar-refractivity contribution >= 4 is 74.8 Å². The first kappa shape index (κ1) is 25.8. The molecule has 150 valence electrons. The van der Waals surface area contributed by atoms with E-state index in [-0.39, 0.29) is 36.3 Å². The fourth-order valence-corrected chi connectivity index (χ4v) is 3.24. The highest BCUT2D eigenvalue weighted by molar-refractivity contribution is 14.0. The minimum absolute atomic E-state index is 0. The molecule has 0 aliphatic carbocycles. The zero-order valence-corrected chi connectivity index (χ0v) is 19.7. The van der Waals surface area contributed by atoms with Crippen molar-refractivity contribution in [1.82, 2.24) is 15.4 Å². The lowest BCUT2D eigenvalue weighted by Gasteiger charge is -2.14. The molecule has 0 atom stereocenters. The Morgan fingerprint density at radius 3 is 2.23 bits per heavy atom. The van der Waals surface area contributed by atoms with Gasteiger partial charge in [-0.05, 0) is 19.1 Å². The van der Waals surface area contributed by atoms with E-state index in [1.165, 1.54) is 0 Å². The quantitative estimate of drug-likeness (QED) is 0.187. The van der Waals surface area contributed by atoms with Gasteiger partial charge in [0.05, 0.1) is 22.3 Å². The largest absolute Gasteiger partial charge is 0.489 e. The molecule has 0 unspecified atom stereocenters. The van der Waals surface area contributed by atoms with Gasteiger partial charge in [-0.3, -0.25) is 4.99 Å². The van der Waals surface area contributed by atoms with Crippen LogP contribution >= 0.6 is 58.8 Å². The van der Waals surface area contributed by atoms with Crippen LogP contribution in [0.1, 0.15) is 6.92 Å². The molecule has 26 heavy (non-hydrogen) atoms. The molecule has 0 saturated heterocycles. The van der Waals surface area contributed by atoms with Crippen molar-refractivity contribution in [3.63, 3.8) is 0 Å². The molecule has 1 aromatic carbocycles. The highest BCUT2D eigenvalue weighted by Gasteiger charge is 2.09. The summed E-state index contributed by atoms with van der Waals surface area (Å²) in [5.74, 6) is 0.937. The molecule has 0 amide bonds. The maximum absolute atomic E-state index is 11.3. The standard InChI is InChI=1S/C14H21Cl3N4O3S.HI/c1-3-25(22,23)21-5-4-19-14(18-2)20-6-7-24-13-11(16)8-10(15)9-12(13)17;/h8-9,21H,3-7H2,1-2H3,(H2,18,19,20);1H. The van der Waals surface area contributed by atoms with E-state index in [4.69, 9.17) is 39.5 Å². The van der Waals surface area contributed by atoms with Crippen molar-refractivity contribution in [2.45, 2.75) is 6.92 Å². The number of guanidine groups is 1. The minimum atomic E-state index is -3.19. The summed E-state index contributed by atoms with van der Waals surface area (Å²) in [5, 5.41) is 7.11. The third-order valence-corrected chi connectivity index (χ3v) is 5.13. The Bertz CT molecular complexity index is 682. The van der Waals surface area contributed by atoms with E-state index >= 15 is 0 Å².